The maximum atomic E-state index is 11.9. The van der Waals surface area contributed by atoms with Gasteiger partial charge in [0.1, 0.15) is 5.78 Å². The Balaban J connectivity index is 1.91. The van der Waals surface area contributed by atoms with Crippen molar-refractivity contribution in [2.45, 2.75) is 31.1 Å². The molecule has 0 radical (unpaired) electrons. The summed E-state index contributed by atoms with van der Waals surface area (Å²) < 4.78 is 26.4. The van der Waals surface area contributed by atoms with Gasteiger partial charge in [0.05, 0.1) is 4.90 Å². The van der Waals surface area contributed by atoms with Gasteiger partial charge in [-0.2, -0.15) is 0 Å². The number of hydrogen-bond acceptors (Lipinski definition) is 3. The second kappa shape index (κ2) is 5.20. The van der Waals surface area contributed by atoms with E-state index in [4.69, 9.17) is 0 Å². The van der Waals surface area contributed by atoms with Crippen LogP contribution in [-0.4, -0.2) is 20.7 Å². The molecular weight excluding hydrogens is 250 g/mol. The normalized spacial score (nSPS) is 19.6. The van der Waals surface area contributed by atoms with E-state index in [1.807, 2.05) is 6.92 Å². The molecule has 0 aliphatic heterocycles. The highest BCUT2D eigenvalue weighted by molar-refractivity contribution is 7.89. The molecule has 1 aliphatic carbocycles. The lowest BCUT2D eigenvalue weighted by atomic mass is 9.81. The topological polar surface area (TPSA) is 63.2 Å². The van der Waals surface area contributed by atoms with Crippen molar-refractivity contribution in [3.05, 3.63) is 29.8 Å². The minimum atomic E-state index is -3.44. The van der Waals surface area contributed by atoms with E-state index in [9.17, 15) is 13.2 Å². The molecule has 1 unspecified atom stereocenters. The van der Waals surface area contributed by atoms with Crippen LogP contribution in [0.15, 0.2) is 29.2 Å². The van der Waals surface area contributed by atoms with Crippen molar-refractivity contribution in [3.8, 4) is 0 Å². The second-order valence-electron chi connectivity index (χ2n) is 4.70. The third-order valence-electron chi connectivity index (χ3n) is 3.31. The molecule has 98 valence electrons. The molecule has 1 fully saturated rings. The zero-order valence-electron chi connectivity index (χ0n) is 10.3. The Morgan fingerprint density at radius 1 is 1.28 bits per heavy atom. The van der Waals surface area contributed by atoms with E-state index < -0.39 is 10.0 Å². The predicted molar refractivity (Wildman–Crippen MR) is 68.7 cm³/mol. The van der Waals surface area contributed by atoms with Crippen LogP contribution < -0.4 is 4.72 Å². The van der Waals surface area contributed by atoms with Crippen LogP contribution in [0.4, 0.5) is 0 Å². The Morgan fingerprint density at radius 3 is 2.44 bits per heavy atom. The minimum absolute atomic E-state index is 0.0608. The molecule has 0 bridgehead atoms. The highest BCUT2D eigenvalue weighted by Crippen LogP contribution is 2.25. The number of hydrogen-bond donors (Lipinski definition) is 1. The Kier molecular flexibility index (Phi) is 3.82. The van der Waals surface area contributed by atoms with Gasteiger partial charge in [-0.25, -0.2) is 13.1 Å². The number of sulfonamides is 1. The summed E-state index contributed by atoms with van der Waals surface area (Å²) in [7, 11) is -3.44. The van der Waals surface area contributed by atoms with Gasteiger partial charge in [-0.15, -0.1) is 0 Å². The highest BCUT2D eigenvalue weighted by atomic mass is 32.2. The standard InChI is InChI=1S/C13H17NO3S/c1-10-2-5-12(6-3-10)18(16,17)14-9-8-11-4-7-13(11)15/h2-3,5-6,11,14H,4,7-9H2,1H3. The summed E-state index contributed by atoms with van der Waals surface area (Å²) in [6.45, 7) is 2.23. The zero-order chi connectivity index (χ0) is 13.2. The molecule has 1 saturated carbocycles. The summed E-state index contributed by atoms with van der Waals surface area (Å²) in [5.41, 5.74) is 1.02. The second-order valence-corrected chi connectivity index (χ2v) is 6.47. The van der Waals surface area contributed by atoms with Gasteiger partial charge in [-0.05, 0) is 31.9 Å². The van der Waals surface area contributed by atoms with Crippen molar-refractivity contribution in [2.75, 3.05) is 6.54 Å². The number of ketones is 1. The first kappa shape index (κ1) is 13.2. The lowest BCUT2D eigenvalue weighted by molar-refractivity contribution is -0.129. The van der Waals surface area contributed by atoms with Gasteiger partial charge in [-0.1, -0.05) is 17.7 Å². The SMILES string of the molecule is Cc1ccc(S(=O)(=O)NCCC2CCC2=O)cc1. The average molecular weight is 267 g/mol. The molecule has 1 aromatic carbocycles. The average Bonchev–Trinajstić information content (AvgIpc) is 2.33. The molecular formula is C13H17NO3S. The van der Waals surface area contributed by atoms with Crippen LogP contribution in [0.2, 0.25) is 0 Å². The molecule has 0 saturated heterocycles. The van der Waals surface area contributed by atoms with Crippen molar-refractivity contribution in [2.24, 2.45) is 5.92 Å². The first-order valence-corrected chi connectivity index (χ1v) is 7.56. The number of aryl methyl sites for hydroxylation is 1. The number of carbonyl (C=O) groups excluding carboxylic acids is 1. The van der Waals surface area contributed by atoms with Crippen LogP contribution in [0.3, 0.4) is 0 Å². The fraction of sp³-hybridized carbons (Fsp3) is 0.462. The fourth-order valence-corrected chi connectivity index (χ4v) is 2.99. The summed E-state index contributed by atoms with van der Waals surface area (Å²) in [4.78, 5) is 11.4. The number of nitrogens with one attached hydrogen (secondary N) is 1. The Labute approximate surface area is 107 Å². The van der Waals surface area contributed by atoms with Crippen LogP contribution in [0, 0.1) is 12.8 Å². The monoisotopic (exact) mass is 267 g/mol. The number of benzene rings is 1. The maximum Gasteiger partial charge on any atom is 0.240 e. The van der Waals surface area contributed by atoms with E-state index in [1.165, 1.54) is 0 Å². The summed E-state index contributed by atoms with van der Waals surface area (Å²) in [6, 6.07) is 6.71. The van der Waals surface area contributed by atoms with E-state index in [0.717, 1.165) is 12.0 Å². The maximum absolute atomic E-state index is 11.9. The highest BCUT2D eigenvalue weighted by Gasteiger charge is 2.27. The molecule has 1 atom stereocenters. The van der Waals surface area contributed by atoms with Gasteiger partial charge in [0.15, 0.2) is 0 Å². The van der Waals surface area contributed by atoms with E-state index in [1.54, 1.807) is 24.3 Å². The van der Waals surface area contributed by atoms with Crippen LogP contribution in [0.25, 0.3) is 0 Å². The zero-order valence-corrected chi connectivity index (χ0v) is 11.2. The van der Waals surface area contributed by atoms with E-state index in [2.05, 4.69) is 4.72 Å². The van der Waals surface area contributed by atoms with Crippen LogP contribution in [-0.2, 0) is 14.8 Å². The van der Waals surface area contributed by atoms with E-state index in [0.29, 0.717) is 19.4 Å². The first-order valence-electron chi connectivity index (χ1n) is 6.08. The molecule has 18 heavy (non-hydrogen) atoms. The molecule has 5 heteroatoms. The largest absolute Gasteiger partial charge is 0.299 e. The quantitative estimate of drug-likeness (QED) is 0.882. The number of rotatable bonds is 5. The molecule has 0 amide bonds. The van der Waals surface area contributed by atoms with Gasteiger partial charge in [0, 0.05) is 18.9 Å². The van der Waals surface area contributed by atoms with Gasteiger partial charge in [-0.3, -0.25) is 4.79 Å². The van der Waals surface area contributed by atoms with Crippen molar-refractivity contribution in [1.82, 2.24) is 4.72 Å². The molecule has 2 rings (SSSR count). The lowest BCUT2D eigenvalue weighted by Gasteiger charge is -2.23. The summed E-state index contributed by atoms with van der Waals surface area (Å²) in [5, 5.41) is 0. The molecule has 4 nitrogen and oxygen atoms in total. The summed E-state index contributed by atoms with van der Waals surface area (Å²) >= 11 is 0. The van der Waals surface area contributed by atoms with Gasteiger partial charge in [0.2, 0.25) is 10.0 Å². The summed E-state index contributed by atoms with van der Waals surface area (Å²) in [5.74, 6) is 0.315. The Morgan fingerprint density at radius 2 is 1.94 bits per heavy atom. The van der Waals surface area contributed by atoms with Crippen LogP contribution in [0.5, 0.6) is 0 Å². The van der Waals surface area contributed by atoms with Gasteiger partial charge < -0.3 is 0 Å². The molecule has 0 heterocycles. The molecule has 1 aliphatic rings. The molecule has 1 aromatic rings. The van der Waals surface area contributed by atoms with Crippen molar-refractivity contribution in [3.63, 3.8) is 0 Å². The van der Waals surface area contributed by atoms with E-state index >= 15 is 0 Å². The minimum Gasteiger partial charge on any atom is -0.299 e. The Bertz CT molecular complexity index is 534. The predicted octanol–water partition coefficient (Wildman–Crippen LogP) is 1.64. The molecule has 1 N–H and O–H groups in total. The third-order valence-corrected chi connectivity index (χ3v) is 4.79. The number of Topliss-reactive ketones (excluding diaryl/α,β-unsaturated/α-hetero) is 1. The van der Waals surface area contributed by atoms with Crippen molar-refractivity contribution < 1.29 is 13.2 Å². The third kappa shape index (κ3) is 2.97. The fourth-order valence-electron chi connectivity index (χ4n) is 1.94. The Hall–Kier alpha value is -1.20. The van der Waals surface area contributed by atoms with Crippen LogP contribution in [0.1, 0.15) is 24.8 Å². The van der Waals surface area contributed by atoms with Crippen LogP contribution >= 0.6 is 0 Å². The first-order chi connectivity index (χ1) is 8.49. The summed E-state index contributed by atoms with van der Waals surface area (Å²) in [6.07, 6.45) is 2.14. The van der Waals surface area contributed by atoms with Gasteiger partial charge in [0.25, 0.3) is 0 Å². The molecule has 0 aromatic heterocycles. The smallest absolute Gasteiger partial charge is 0.240 e. The number of carbonyl (C=O) groups is 1. The molecule has 0 spiro atoms. The lowest BCUT2D eigenvalue weighted by Crippen LogP contribution is -2.32. The van der Waals surface area contributed by atoms with Gasteiger partial charge >= 0.3 is 0 Å². The van der Waals surface area contributed by atoms with Crippen molar-refractivity contribution >= 4 is 15.8 Å². The van der Waals surface area contributed by atoms with Crippen molar-refractivity contribution in [1.29, 1.82) is 0 Å². The van der Waals surface area contributed by atoms with E-state index in [-0.39, 0.29) is 16.6 Å².